The Balaban J connectivity index is 2.38. The fourth-order valence-corrected chi connectivity index (χ4v) is 2.45. The van der Waals surface area contributed by atoms with E-state index in [0.717, 1.165) is 24.4 Å². The third-order valence-electron chi connectivity index (χ3n) is 4.10. The van der Waals surface area contributed by atoms with E-state index in [9.17, 15) is 31.4 Å². The number of aromatic nitrogens is 2. The van der Waals surface area contributed by atoms with Gasteiger partial charge in [-0.15, -0.1) is 0 Å². The number of rotatable bonds is 6. The molecule has 4 nitrogen and oxygen atoms in total. The number of halogens is 6. The number of pyridine rings is 2. The molecule has 1 atom stereocenters. The fraction of sp³-hybridized carbons (Fsp3) is 0.444. The first kappa shape index (κ1) is 22.1. The first-order valence-corrected chi connectivity index (χ1v) is 8.38. The van der Waals surface area contributed by atoms with E-state index in [0.29, 0.717) is 6.07 Å². The molecule has 0 amide bonds. The van der Waals surface area contributed by atoms with Gasteiger partial charge in [0.1, 0.15) is 5.69 Å². The van der Waals surface area contributed by atoms with E-state index < -0.39 is 23.6 Å². The molecule has 0 fully saturated rings. The smallest absolute Gasteiger partial charge is 0.395 e. The first-order valence-electron chi connectivity index (χ1n) is 8.38. The Bertz CT molecular complexity index is 787. The summed E-state index contributed by atoms with van der Waals surface area (Å²) < 4.78 is 77.6. The van der Waals surface area contributed by atoms with Crippen LogP contribution in [0.5, 0.6) is 0 Å². The number of hydrogen-bond acceptors (Lipinski definition) is 4. The van der Waals surface area contributed by atoms with E-state index >= 15 is 0 Å². The van der Waals surface area contributed by atoms with Crippen molar-refractivity contribution in [3.05, 3.63) is 47.4 Å². The SMILES string of the molecule is CC(C)[C@H](CO)NCc1cc(C(F)(F)F)cc(-c2ccc(C(F)(F)F)nc2)n1. The molecule has 2 N–H and O–H groups in total. The molecule has 28 heavy (non-hydrogen) atoms. The van der Waals surface area contributed by atoms with Gasteiger partial charge in [0.2, 0.25) is 0 Å². The summed E-state index contributed by atoms with van der Waals surface area (Å²) in [6, 6.07) is 3.01. The van der Waals surface area contributed by atoms with E-state index in [4.69, 9.17) is 0 Å². The summed E-state index contributed by atoms with van der Waals surface area (Å²) >= 11 is 0. The van der Waals surface area contributed by atoms with E-state index in [2.05, 4.69) is 15.3 Å². The average molecular weight is 407 g/mol. The quantitative estimate of drug-likeness (QED) is 0.702. The molecule has 0 radical (unpaired) electrons. The van der Waals surface area contributed by atoms with Crippen molar-refractivity contribution in [3.63, 3.8) is 0 Å². The molecule has 2 aromatic rings. The average Bonchev–Trinajstić information content (AvgIpc) is 2.60. The number of aliphatic hydroxyl groups is 1. The zero-order chi connectivity index (χ0) is 21.1. The fourth-order valence-electron chi connectivity index (χ4n) is 2.45. The van der Waals surface area contributed by atoms with Gasteiger partial charge in [0, 0.05) is 24.3 Å². The van der Waals surface area contributed by atoms with Crippen LogP contribution in [0.3, 0.4) is 0 Å². The Kier molecular flexibility index (Phi) is 6.66. The largest absolute Gasteiger partial charge is 0.433 e. The van der Waals surface area contributed by atoms with Gasteiger partial charge in [-0.25, -0.2) is 0 Å². The van der Waals surface area contributed by atoms with Crippen LogP contribution in [0.2, 0.25) is 0 Å². The predicted molar refractivity (Wildman–Crippen MR) is 90.0 cm³/mol. The lowest BCUT2D eigenvalue weighted by Gasteiger charge is -2.20. The lowest BCUT2D eigenvalue weighted by atomic mass is 10.0. The molecule has 0 spiro atoms. The molecule has 0 aliphatic heterocycles. The molecule has 2 heterocycles. The second-order valence-corrected chi connectivity index (χ2v) is 6.57. The summed E-state index contributed by atoms with van der Waals surface area (Å²) in [5, 5.41) is 12.2. The van der Waals surface area contributed by atoms with Crippen LogP contribution < -0.4 is 5.32 Å². The van der Waals surface area contributed by atoms with Crippen LogP contribution in [0.25, 0.3) is 11.3 Å². The summed E-state index contributed by atoms with van der Waals surface area (Å²) in [5.41, 5.74) is -2.18. The van der Waals surface area contributed by atoms with Gasteiger partial charge in [-0.3, -0.25) is 9.97 Å². The summed E-state index contributed by atoms with van der Waals surface area (Å²) in [6.07, 6.45) is -8.46. The highest BCUT2D eigenvalue weighted by molar-refractivity contribution is 5.59. The Hall–Kier alpha value is -2.20. The molecule has 0 aromatic carbocycles. The minimum absolute atomic E-state index is 0.0305. The molecule has 0 aliphatic rings. The minimum Gasteiger partial charge on any atom is -0.395 e. The number of alkyl halides is 6. The van der Waals surface area contributed by atoms with Gasteiger partial charge in [0.15, 0.2) is 0 Å². The van der Waals surface area contributed by atoms with Crippen LogP contribution in [0.15, 0.2) is 30.5 Å². The minimum atomic E-state index is -4.65. The zero-order valence-electron chi connectivity index (χ0n) is 15.1. The van der Waals surface area contributed by atoms with Crippen molar-refractivity contribution < 1.29 is 31.4 Å². The number of hydrogen-bond donors (Lipinski definition) is 2. The van der Waals surface area contributed by atoms with Crippen molar-refractivity contribution in [2.75, 3.05) is 6.61 Å². The van der Waals surface area contributed by atoms with Crippen molar-refractivity contribution in [2.24, 2.45) is 5.92 Å². The lowest BCUT2D eigenvalue weighted by molar-refractivity contribution is -0.141. The van der Waals surface area contributed by atoms with Gasteiger partial charge in [-0.1, -0.05) is 13.8 Å². The highest BCUT2D eigenvalue weighted by Crippen LogP contribution is 2.33. The van der Waals surface area contributed by atoms with E-state index in [1.54, 1.807) is 0 Å². The molecule has 2 aromatic heterocycles. The maximum atomic E-state index is 13.2. The summed E-state index contributed by atoms with van der Waals surface area (Å²) in [6.45, 7) is 3.43. The first-order chi connectivity index (χ1) is 12.9. The normalized spacial score (nSPS) is 13.8. The molecule has 0 aliphatic carbocycles. The van der Waals surface area contributed by atoms with Crippen molar-refractivity contribution in [1.82, 2.24) is 15.3 Å². The zero-order valence-corrected chi connectivity index (χ0v) is 15.1. The summed E-state index contributed by atoms with van der Waals surface area (Å²) in [5.74, 6) is 0.0365. The second kappa shape index (κ2) is 8.44. The molecule has 0 saturated heterocycles. The maximum Gasteiger partial charge on any atom is 0.433 e. The molecular weight excluding hydrogens is 388 g/mol. The Morgan fingerprint density at radius 1 is 1.04 bits per heavy atom. The number of nitrogens with one attached hydrogen (secondary N) is 1. The van der Waals surface area contributed by atoms with Crippen LogP contribution in [0.4, 0.5) is 26.3 Å². The van der Waals surface area contributed by atoms with Gasteiger partial charge in [-0.05, 0) is 30.2 Å². The molecule has 2 rings (SSSR count). The van der Waals surface area contributed by atoms with Crippen molar-refractivity contribution >= 4 is 0 Å². The van der Waals surface area contributed by atoms with E-state index in [1.807, 2.05) is 13.8 Å². The number of aliphatic hydroxyl groups excluding tert-OH is 1. The molecule has 0 unspecified atom stereocenters. The predicted octanol–water partition coefficient (Wildman–Crippen LogP) is 4.29. The van der Waals surface area contributed by atoms with Crippen LogP contribution in [0, 0.1) is 5.92 Å². The van der Waals surface area contributed by atoms with Crippen LogP contribution in [-0.2, 0) is 18.9 Å². The third-order valence-corrected chi connectivity index (χ3v) is 4.10. The monoisotopic (exact) mass is 407 g/mol. The summed E-state index contributed by atoms with van der Waals surface area (Å²) in [4.78, 5) is 7.37. The van der Waals surface area contributed by atoms with E-state index in [-0.39, 0.29) is 42.1 Å². The van der Waals surface area contributed by atoms with Gasteiger partial charge in [-0.2, -0.15) is 26.3 Å². The van der Waals surface area contributed by atoms with Crippen LogP contribution in [0.1, 0.15) is 30.8 Å². The van der Waals surface area contributed by atoms with Gasteiger partial charge < -0.3 is 10.4 Å². The number of nitrogens with zero attached hydrogens (tertiary/aromatic N) is 2. The van der Waals surface area contributed by atoms with Crippen LogP contribution in [-0.4, -0.2) is 27.7 Å². The van der Waals surface area contributed by atoms with Crippen molar-refractivity contribution in [1.29, 1.82) is 0 Å². The summed E-state index contributed by atoms with van der Waals surface area (Å²) in [7, 11) is 0. The maximum absolute atomic E-state index is 13.2. The van der Waals surface area contributed by atoms with Crippen molar-refractivity contribution in [2.45, 2.75) is 38.8 Å². The van der Waals surface area contributed by atoms with E-state index in [1.165, 1.54) is 0 Å². The molecule has 154 valence electrons. The highest BCUT2D eigenvalue weighted by atomic mass is 19.4. The lowest BCUT2D eigenvalue weighted by Crippen LogP contribution is -2.36. The van der Waals surface area contributed by atoms with Gasteiger partial charge >= 0.3 is 12.4 Å². The Morgan fingerprint density at radius 3 is 2.18 bits per heavy atom. The standard InChI is InChI=1S/C18H19F6N3O/c1-10(2)15(9-28)25-8-13-5-12(17(19,20)21)6-14(27-13)11-3-4-16(26-7-11)18(22,23)24/h3-7,10,15,25,28H,8-9H2,1-2H3/t15-/m0/s1. The Labute approximate surface area is 157 Å². The van der Waals surface area contributed by atoms with Crippen molar-refractivity contribution in [3.8, 4) is 11.3 Å². The third kappa shape index (κ3) is 5.65. The second-order valence-electron chi connectivity index (χ2n) is 6.57. The topological polar surface area (TPSA) is 58.0 Å². The molecule has 0 saturated carbocycles. The molecule has 0 bridgehead atoms. The molecular formula is C18H19F6N3O. The molecule has 10 heteroatoms. The Morgan fingerprint density at radius 2 is 1.71 bits per heavy atom. The van der Waals surface area contributed by atoms with Gasteiger partial charge in [0.25, 0.3) is 0 Å². The van der Waals surface area contributed by atoms with Gasteiger partial charge in [0.05, 0.1) is 23.6 Å². The highest BCUT2D eigenvalue weighted by Gasteiger charge is 2.33. The van der Waals surface area contributed by atoms with Crippen LogP contribution >= 0.6 is 0 Å².